The van der Waals surface area contributed by atoms with Crippen LogP contribution in [0.5, 0.6) is 5.75 Å². The number of nitro groups is 1. The van der Waals surface area contributed by atoms with Gasteiger partial charge in [0, 0.05) is 11.4 Å². The van der Waals surface area contributed by atoms with Gasteiger partial charge in [-0.05, 0) is 18.1 Å². The first-order chi connectivity index (χ1) is 8.54. The molecule has 0 fully saturated rings. The number of carboxylic acids is 1. The van der Waals surface area contributed by atoms with Crippen molar-refractivity contribution < 1.29 is 19.6 Å². The van der Waals surface area contributed by atoms with Gasteiger partial charge in [0.1, 0.15) is 0 Å². The van der Waals surface area contributed by atoms with Gasteiger partial charge in [-0.25, -0.2) is 0 Å². The topological polar surface area (TPSA) is 89.7 Å². The van der Waals surface area contributed by atoms with Gasteiger partial charge in [0.2, 0.25) is 0 Å². The molecule has 7 heteroatoms. The number of carbonyl (C=O) groups is 1. The number of ether oxygens (including phenoxy) is 1. The largest absolute Gasteiger partial charge is 0.487 e. The molecule has 0 aromatic heterocycles. The fourth-order valence-electron chi connectivity index (χ4n) is 1.35. The van der Waals surface area contributed by atoms with Crippen molar-refractivity contribution in [2.75, 3.05) is 11.9 Å². The van der Waals surface area contributed by atoms with E-state index in [2.05, 4.69) is 15.9 Å². The summed E-state index contributed by atoms with van der Waals surface area (Å²) in [4.78, 5) is 20.8. The zero-order valence-electron chi connectivity index (χ0n) is 9.47. The number of hydrogen-bond acceptors (Lipinski definition) is 4. The first kappa shape index (κ1) is 14.4. The van der Waals surface area contributed by atoms with E-state index in [1.807, 2.05) is 0 Å². The molecule has 1 rings (SSSR count). The third-order valence-corrected chi connectivity index (χ3v) is 2.67. The number of halogens is 1. The lowest BCUT2D eigenvalue weighted by Crippen LogP contribution is -2.04. The van der Waals surface area contributed by atoms with Crippen molar-refractivity contribution in [3.05, 3.63) is 33.9 Å². The fraction of sp³-hybridized carbons (Fsp3) is 0.364. The third kappa shape index (κ3) is 4.33. The highest BCUT2D eigenvalue weighted by atomic mass is 79.9. The van der Waals surface area contributed by atoms with E-state index in [9.17, 15) is 14.9 Å². The van der Waals surface area contributed by atoms with Crippen molar-refractivity contribution in [3.8, 4) is 5.75 Å². The fourth-order valence-corrected chi connectivity index (χ4v) is 1.58. The van der Waals surface area contributed by atoms with Crippen LogP contribution in [-0.4, -0.2) is 27.9 Å². The first-order valence-electron chi connectivity index (χ1n) is 5.22. The number of hydrogen-bond donors (Lipinski definition) is 1. The molecule has 0 heterocycles. The molecule has 6 nitrogen and oxygen atoms in total. The SMILES string of the molecule is O=C(O)Cc1ccc(OCCCBr)c([N+](=O)[O-])c1. The van der Waals surface area contributed by atoms with E-state index in [-0.39, 0.29) is 17.9 Å². The Hall–Kier alpha value is -1.63. The Bertz CT molecular complexity index is 449. The maximum Gasteiger partial charge on any atom is 0.311 e. The van der Waals surface area contributed by atoms with Gasteiger partial charge in [-0.15, -0.1) is 0 Å². The number of aliphatic carboxylic acids is 1. The minimum absolute atomic E-state index is 0.162. The van der Waals surface area contributed by atoms with Crippen LogP contribution in [0.3, 0.4) is 0 Å². The van der Waals surface area contributed by atoms with E-state index in [1.54, 1.807) is 0 Å². The van der Waals surface area contributed by atoms with Gasteiger partial charge in [0.05, 0.1) is 18.0 Å². The minimum Gasteiger partial charge on any atom is -0.487 e. The molecule has 0 saturated heterocycles. The van der Waals surface area contributed by atoms with Gasteiger partial charge < -0.3 is 9.84 Å². The van der Waals surface area contributed by atoms with Gasteiger partial charge in [0.25, 0.3) is 0 Å². The molecule has 1 aromatic carbocycles. The second-order valence-electron chi connectivity index (χ2n) is 3.52. The van der Waals surface area contributed by atoms with Gasteiger partial charge in [0.15, 0.2) is 5.75 Å². The van der Waals surface area contributed by atoms with Crippen molar-refractivity contribution in [2.24, 2.45) is 0 Å². The second-order valence-corrected chi connectivity index (χ2v) is 4.31. The van der Waals surface area contributed by atoms with E-state index in [0.29, 0.717) is 12.2 Å². The summed E-state index contributed by atoms with van der Waals surface area (Å²) in [5.41, 5.74) is 0.172. The predicted molar refractivity (Wildman–Crippen MR) is 68.3 cm³/mol. The molecule has 0 aliphatic carbocycles. The summed E-state index contributed by atoms with van der Waals surface area (Å²) in [5.74, 6) is -0.868. The van der Waals surface area contributed by atoms with Crippen LogP contribution in [0, 0.1) is 10.1 Å². The molecule has 0 aliphatic heterocycles. The first-order valence-corrected chi connectivity index (χ1v) is 6.34. The zero-order chi connectivity index (χ0) is 13.5. The quantitative estimate of drug-likeness (QED) is 0.361. The van der Waals surface area contributed by atoms with Crippen molar-refractivity contribution in [2.45, 2.75) is 12.8 Å². The lowest BCUT2D eigenvalue weighted by atomic mass is 10.1. The Balaban J connectivity index is 2.90. The van der Waals surface area contributed by atoms with Crippen molar-refractivity contribution in [1.29, 1.82) is 0 Å². The highest BCUT2D eigenvalue weighted by Gasteiger charge is 2.16. The molecule has 0 unspecified atom stereocenters. The average molecular weight is 318 g/mol. The Morgan fingerprint density at radius 3 is 2.78 bits per heavy atom. The Morgan fingerprint density at radius 2 is 2.22 bits per heavy atom. The summed E-state index contributed by atoms with van der Waals surface area (Å²) in [7, 11) is 0. The summed E-state index contributed by atoms with van der Waals surface area (Å²) >= 11 is 3.23. The summed E-state index contributed by atoms with van der Waals surface area (Å²) in [6.07, 6.45) is 0.483. The number of benzene rings is 1. The van der Waals surface area contributed by atoms with E-state index in [0.717, 1.165) is 11.8 Å². The van der Waals surface area contributed by atoms with Crippen LogP contribution in [0.15, 0.2) is 18.2 Å². The van der Waals surface area contributed by atoms with E-state index in [1.165, 1.54) is 18.2 Å². The number of alkyl halides is 1. The van der Waals surface area contributed by atoms with Crippen LogP contribution in [0.25, 0.3) is 0 Å². The normalized spacial score (nSPS) is 10.1. The lowest BCUT2D eigenvalue weighted by Gasteiger charge is -2.06. The molecule has 0 amide bonds. The van der Waals surface area contributed by atoms with Crippen LogP contribution in [0.4, 0.5) is 5.69 Å². The Labute approximate surface area is 112 Å². The molecule has 98 valence electrons. The Morgan fingerprint density at radius 1 is 1.50 bits per heavy atom. The van der Waals surface area contributed by atoms with Gasteiger partial charge >= 0.3 is 11.7 Å². The van der Waals surface area contributed by atoms with Gasteiger partial charge in [-0.1, -0.05) is 22.0 Å². The van der Waals surface area contributed by atoms with Gasteiger partial charge in [-0.3, -0.25) is 14.9 Å². The molecule has 1 aromatic rings. The smallest absolute Gasteiger partial charge is 0.311 e. The van der Waals surface area contributed by atoms with Crippen LogP contribution in [0.1, 0.15) is 12.0 Å². The molecule has 1 N–H and O–H groups in total. The van der Waals surface area contributed by atoms with Crippen molar-refractivity contribution in [3.63, 3.8) is 0 Å². The summed E-state index contributed by atoms with van der Waals surface area (Å²) in [6, 6.07) is 4.19. The van der Waals surface area contributed by atoms with Gasteiger partial charge in [-0.2, -0.15) is 0 Å². The van der Waals surface area contributed by atoms with Crippen molar-refractivity contribution in [1.82, 2.24) is 0 Å². The predicted octanol–water partition coefficient (Wildman–Crippen LogP) is 2.39. The lowest BCUT2D eigenvalue weighted by molar-refractivity contribution is -0.385. The van der Waals surface area contributed by atoms with Crippen molar-refractivity contribution >= 4 is 27.6 Å². The van der Waals surface area contributed by atoms with Crippen LogP contribution >= 0.6 is 15.9 Å². The second kappa shape index (κ2) is 6.95. The molecular formula is C11H12BrNO5. The highest BCUT2D eigenvalue weighted by Crippen LogP contribution is 2.28. The minimum atomic E-state index is -1.03. The zero-order valence-corrected chi connectivity index (χ0v) is 11.1. The van der Waals surface area contributed by atoms with E-state index < -0.39 is 10.9 Å². The van der Waals surface area contributed by atoms with Crippen LogP contribution in [0.2, 0.25) is 0 Å². The average Bonchev–Trinajstić information content (AvgIpc) is 2.30. The molecule has 0 saturated carbocycles. The highest BCUT2D eigenvalue weighted by molar-refractivity contribution is 9.09. The molecule has 18 heavy (non-hydrogen) atoms. The Kier molecular flexibility index (Phi) is 5.57. The summed E-state index contributed by atoms with van der Waals surface area (Å²) in [5, 5.41) is 20.2. The third-order valence-electron chi connectivity index (χ3n) is 2.11. The number of nitro benzene ring substituents is 1. The van der Waals surface area contributed by atoms with Crippen LogP contribution in [-0.2, 0) is 11.2 Å². The standard InChI is InChI=1S/C11H12BrNO5/c12-4-1-5-18-10-3-2-8(7-11(14)15)6-9(10)13(16)17/h2-3,6H,1,4-5,7H2,(H,14,15). The summed E-state index contributed by atoms with van der Waals surface area (Å²) in [6.45, 7) is 0.365. The molecule has 0 bridgehead atoms. The number of carboxylic acid groups (broad SMARTS) is 1. The maximum atomic E-state index is 10.9. The molecule has 0 aliphatic rings. The molecule has 0 atom stereocenters. The molecular weight excluding hydrogens is 306 g/mol. The van der Waals surface area contributed by atoms with E-state index in [4.69, 9.17) is 9.84 Å². The van der Waals surface area contributed by atoms with E-state index >= 15 is 0 Å². The van der Waals surface area contributed by atoms with Crippen LogP contribution < -0.4 is 4.74 Å². The summed E-state index contributed by atoms with van der Waals surface area (Å²) < 4.78 is 5.28. The monoisotopic (exact) mass is 317 g/mol. The number of rotatable bonds is 7. The molecule has 0 spiro atoms. The number of nitrogens with zero attached hydrogens (tertiary/aromatic N) is 1. The maximum absolute atomic E-state index is 10.9. The molecule has 0 radical (unpaired) electrons.